The average Bonchev–Trinajstić information content (AvgIpc) is 3.21. The molecule has 2 aliphatic heterocycles. The summed E-state index contributed by atoms with van der Waals surface area (Å²) in [5, 5.41) is 0. The summed E-state index contributed by atoms with van der Waals surface area (Å²) in [4.78, 5) is 29.1. The van der Waals surface area contributed by atoms with Gasteiger partial charge >= 0.3 is 0 Å². The third-order valence-electron chi connectivity index (χ3n) is 5.24. The van der Waals surface area contributed by atoms with Gasteiger partial charge in [-0.3, -0.25) is 9.59 Å². The van der Waals surface area contributed by atoms with Crippen LogP contribution in [0.25, 0.3) is 0 Å². The minimum absolute atomic E-state index is 0.00759. The highest BCUT2D eigenvalue weighted by Gasteiger charge is 2.33. The smallest absolute Gasteiger partial charge is 0.289 e. The van der Waals surface area contributed by atoms with Crippen molar-refractivity contribution in [1.29, 1.82) is 0 Å². The van der Waals surface area contributed by atoms with E-state index in [-0.39, 0.29) is 17.7 Å². The molecule has 4 rings (SSSR count). The maximum Gasteiger partial charge on any atom is 0.289 e. The molecule has 1 fully saturated rings. The molecule has 3 heterocycles. The van der Waals surface area contributed by atoms with Crippen LogP contribution < -0.4 is 4.90 Å². The predicted molar refractivity (Wildman–Crippen MR) is 94.5 cm³/mol. The van der Waals surface area contributed by atoms with Gasteiger partial charge in [0.15, 0.2) is 5.76 Å². The summed E-state index contributed by atoms with van der Waals surface area (Å²) < 4.78 is 5.19. The van der Waals surface area contributed by atoms with Gasteiger partial charge in [0.05, 0.1) is 6.26 Å². The topological polar surface area (TPSA) is 53.8 Å². The van der Waals surface area contributed by atoms with E-state index in [0.29, 0.717) is 31.7 Å². The summed E-state index contributed by atoms with van der Waals surface area (Å²) >= 11 is 0. The second kappa shape index (κ2) is 6.75. The van der Waals surface area contributed by atoms with Crippen LogP contribution in [0.3, 0.4) is 0 Å². The number of hydrogen-bond donors (Lipinski definition) is 0. The Bertz CT molecular complexity index is 761. The van der Waals surface area contributed by atoms with Crippen molar-refractivity contribution in [2.45, 2.75) is 25.7 Å². The Hall–Kier alpha value is -2.56. The number of carbonyl (C=O) groups excluding carboxylic acids is 2. The maximum absolute atomic E-state index is 13.0. The molecule has 1 saturated heterocycles. The number of nitrogens with zero attached hydrogens (tertiary/aromatic N) is 2. The van der Waals surface area contributed by atoms with Crippen LogP contribution in [-0.2, 0) is 11.2 Å². The minimum atomic E-state index is -0.0841. The van der Waals surface area contributed by atoms with Crippen LogP contribution in [0.1, 0.15) is 35.4 Å². The zero-order valence-electron chi connectivity index (χ0n) is 14.2. The Morgan fingerprint density at radius 3 is 2.56 bits per heavy atom. The molecule has 5 nitrogen and oxygen atoms in total. The van der Waals surface area contributed by atoms with Gasteiger partial charge in [-0.1, -0.05) is 18.2 Å². The number of para-hydroxylation sites is 1. The second-order valence-electron chi connectivity index (χ2n) is 6.77. The van der Waals surface area contributed by atoms with Crippen LogP contribution in [0, 0.1) is 5.92 Å². The van der Waals surface area contributed by atoms with Crippen molar-refractivity contribution >= 4 is 17.5 Å². The normalized spacial score (nSPS) is 18.1. The first-order valence-corrected chi connectivity index (χ1v) is 8.96. The number of aryl methyl sites for hydroxylation is 1. The third kappa shape index (κ3) is 3.06. The Labute approximate surface area is 147 Å². The van der Waals surface area contributed by atoms with E-state index in [1.165, 1.54) is 11.8 Å². The van der Waals surface area contributed by atoms with Crippen molar-refractivity contribution in [3.05, 3.63) is 54.0 Å². The fourth-order valence-corrected chi connectivity index (χ4v) is 3.87. The average molecular weight is 338 g/mol. The minimum Gasteiger partial charge on any atom is -0.459 e. The number of carbonyl (C=O) groups is 2. The number of amides is 2. The van der Waals surface area contributed by atoms with Crippen molar-refractivity contribution < 1.29 is 14.0 Å². The molecule has 25 heavy (non-hydrogen) atoms. The number of piperidine rings is 1. The lowest BCUT2D eigenvalue weighted by molar-refractivity contribution is -0.123. The Kier molecular flexibility index (Phi) is 4.30. The maximum atomic E-state index is 13.0. The molecule has 0 unspecified atom stereocenters. The number of anilines is 1. The summed E-state index contributed by atoms with van der Waals surface area (Å²) in [6.45, 7) is 2.00. The van der Waals surface area contributed by atoms with E-state index in [4.69, 9.17) is 4.42 Å². The van der Waals surface area contributed by atoms with Gasteiger partial charge in [0.1, 0.15) is 0 Å². The SMILES string of the molecule is O=C(c1ccco1)N1CCC(C(=O)N2CCCc3ccccc32)CC1. The molecule has 5 heteroatoms. The van der Waals surface area contributed by atoms with Gasteiger partial charge in [0.2, 0.25) is 5.91 Å². The van der Waals surface area contributed by atoms with Gasteiger partial charge in [0, 0.05) is 31.2 Å². The molecule has 0 spiro atoms. The summed E-state index contributed by atoms with van der Waals surface area (Å²) in [6.07, 6.45) is 4.99. The summed E-state index contributed by atoms with van der Waals surface area (Å²) in [5.41, 5.74) is 2.32. The highest BCUT2D eigenvalue weighted by molar-refractivity contribution is 5.96. The molecule has 130 valence electrons. The van der Waals surface area contributed by atoms with Crippen LogP contribution in [0.5, 0.6) is 0 Å². The molecule has 0 N–H and O–H groups in total. The Morgan fingerprint density at radius 2 is 1.80 bits per heavy atom. The molecule has 2 aromatic rings. The summed E-state index contributed by atoms with van der Waals surface area (Å²) in [6, 6.07) is 11.6. The number of fused-ring (bicyclic) bond motifs is 1. The van der Waals surface area contributed by atoms with Crippen LogP contribution in [0.4, 0.5) is 5.69 Å². The van der Waals surface area contributed by atoms with Crippen molar-refractivity contribution in [1.82, 2.24) is 4.90 Å². The number of hydrogen-bond acceptors (Lipinski definition) is 3. The first kappa shape index (κ1) is 15.9. The van der Waals surface area contributed by atoms with E-state index < -0.39 is 0 Å². The molecule has 0 aliphatic carbocycles. The molecule has 1 aromatic carbocycles. The van der Waals surface area contributed by atoms with Gasteiger partial charge < -0.3 is 14.2 Å². The molecule has 2 amide bonds. The zero-order chi connectivity index (χ0) is 17.2. The third-order valence-corrected chi connectivity index (χ3v) is 5.24. The van der Waals surface area contributed by atoms with Gasteiger partial charge in [-0.2, -0.15) is 0 Å². The highest BCUT2D eigenvalue weighted by Crippen LogP contribution is 2.30. The first-order chi connectivity index (χ1) is 12.2. The number of furan rings is 1. The second-order valence-corrected chi connectivity index (χ2v) is 6.77. The molecule has 2 aliphatic rings. The van der Waals surface area contributed by atoms with Gasteiger partial charge in [-0.05, 0) is 49.4 Å². The molecular weight excluding hydrogens is 316 g/mol. The van der Waals surface area contributed by atoms with Crippen molar-refractivity contribution in [3.63, 3.8) is 0 Å². The molecule has 0 saturated carbocycles. The molecule has 0 radical (unpaired) electrons. The van der Waals surface area contributed by atoms with Gasteiger partial charge in [0.25, 0.3) is 5.91 Å². The van der Waals surface area contributed by atoms with Crippen molar-refractivity contribution in [2.24, 2.45) is 5.92 Å². The van der Waals surface area contributed by atoms with E-state index in [1.807, 2.05) is 23.1 Å². The van der Waals surface area contributed by atoms with Crippen molar-refractivity contribution in [2.75, 3.05) is 24.5 Å². The first-order valence-electron chi connectivity index (χ1n) is 8.96. The van der Waals surface area contributed by atoms with Crippen LogP contribution >= 0.6 is 0 Å². The lowest BCUT2D eigenvalue weighted by Crippen LogP contribution is -2.45. The Balaban J connectivity index is 1.41. The number of likely N-dealkylation sites (tertiary alicyclic amines) is 1. The number of rotatable bonds is 2. The monoisotopic (exact) mass is 338 g/mol. The largest absolute Gasteiger partial charge is 0.459 e. The highest BCUT2D eigenvalue weighted by atomic mass is 16.3. The van der Waals surface area contributed by atoms with Crippen LogP contribution in [0.2, 0.25) is 0 Å². The quantitative estimate of drug-likeness (QED) is 0.845. The van der Waals surface area contributed by atoms with E-state index in [0.717, 1.165) is 25.1 Å². The van der Waals surface area contributed by atoms with E-state index >= 15 is 0 Å². The molecule has 1 aromatic heterocycles. The predicted octanol–water partition coefficient (Wildman–Crippen LogP) is 3.11. The van der Waals surface area contributed by atoms with Gasteiger partial charge in [-0.15, -0.1) is 0 Å². The van der Waals surface area contributed by atoms with Crippen LogP contribution in [-0.4, -0.2) is 36.3 Å². The fourth-order valence-electron chi connectivity index (χ4n) is 3.87. The van der Waals surface area contributed by atoms with E-state index in [2.05, 4.69) is 6.07 Å². The molecule has 0 bridgehead atoms. The zero-order valence-corrected chi connectivity index (χ0v) is 14.2. The standard InChI is InChI=1S/C20H22N2O3/c23-19(22-11-3-6-15-5-1-2-7-17(15)22)16-9-12-21(13-10-16)20(24)18-8-4-14-25-18/h1-2,4-5,7-8,14,16H,3,6,9-13H2. The lowest BCUT2D eigenvalue weighted by Gasteiger charge is -2.36. The van der Waals surface area contributed by atoms with Crippen molar-refractivity contribution in [3.8, 4) is 0 Å². The van der Waals surface area contributed by atoms with E-state index in [1.54, 1.807) is 17.0 Å². The Morgan fingerprint density at radius 1 is 1.00 bits per heavy atom. The molecule has 0 atom stereocenters. The molecular formula is C20H22N2O3. The lowest BCUT2D eigenvalue weighted by atomic mass is 9.93. The summed E-state index contributed by atoms with van der Waals surface area (Å²) in [5.74, 6) is 0.484. The van der Waals surface area contributed by atoms with Gasteiger partial charge in [-0.25, -0.2) is 0 Å². The number of benzene rings is 1. The van der Waals surface area contributed by atoms with Crippen LogP contribution in [0.15, 0.2) is 47.1 Å². The van der Waals surface area contributed by atoms with E-state index in [9.17, 15) is 9.59 Å². The summed E-state index contributed by atoms with van der Waals surface area (Å²) in [7, 11) is 0. The fraction of sp³-hybridized carbons (Fsp3) is 0.400.